The number of nitrogens with one attached hydrogen (secondary N) is 1. The third-order valence-corrected chi connectivity index (χ3v) is 6.41. The number of methoxy groups -OCH3 is 1. The van der Waals surface area contributed by atoms with E-state index in [1.165, 1.54) is 4.31 Å². The first-order valence-electron chi connectivity index (χ1n) is 7.66. The standard InChI is InChI=1S/C16H26N2O3S/c1-11(2)14-9-16(12(3)8-15(14)21-5)22(19,20)18(4)13-6-7-17-10-13/h8-9,11,13,17H,6-7,10H2,1-5H3. The Labute approximate surface area is 133 Å². The van der Waals surface area contributed by atoms with Crippen LogP contribution < -0.4 is 10.1 Å². The van der Waals surface area contributed by atoms with Gasteiger partial charge in [-0.25, -0.2) is 8.42 Å². The van der Waals surface area contributed by atoms with Gasteiger partial charge in [0.05, 0.1) is 12.0 Å². The molecule has 0 aromatic heterocycles. The van der Waals surface area contributed by atoms with Crippen LogP contribution in [-0.2, 0) is 10.0 Å². The second-order valence-corrected chi connectivity index (χ2v) is 8.15. The molecule has 1 fully saturated rings. The molecule has 1 aliphatic heterocycles. The van der Waals surface area contributed by atoms with E-state index in [9.17, 15) is 8.42 Å². The molecule has 6 heteroatoms. The maximum atomic E-state index is 13.0. The lowest BCUT2D eigenvalue weighted by Crippen LogP contribution is -2.38. The first-order valence-corrected chi connectivity index (χ1v) is 9.10. The highest BCUT2D eigenvalue weighted by molar-refractivity contribution is 7.89. The summed E-state index contributed by atoms with van der Waals surface area (Å²) in [6, 6.07) is 3.62. The maximum Gasteiger partial charge on any atom is 0.243 e. The molecule has 0 radical (unpaired) electrons. The van der Waals surface area contributed by atoms with E-state index in [1.54, 1.807) is 20.2 Å². The predicted molar refractivity (Wildman–Crippen MR) is 88.0 cm³/mol. The Kier molecular flexibility index (Phi) is 5.14. The van der Waals surface area contributed by atoms with Gasteiger partial charge in [-0.3, -0.25) is 0 Å². The van der Waals surface area contributed by atoms with Gasteiger partial charge in [0.25, 0.3) is 0 Å². The highest BCUT2D eigenvalue weighted by Gasteiger charge is 2.31. The number of hydrogen-bond donors (Lipinski definition) is 1. The molecule has 0 aliphatic carbocycles. The van der Waals surface area contributed by atoms with Crippen molar-refractivity contribution in [2.75, 3.05) is 27.2 Å². The summed E-state index contributed by atoms with van der Waals surface area (Å²) in [5.74, 6) is 0.944. The molecule has 0 saturated carbocycles. The van der Waals surface area contributed by atoms with E-state index in [4.69, 9.17) is 4.74 Å². The van der Waals surface area contributed by atoms with Crippen LogP contribution in [0.3, 0.4) is 0 Å². The number of ether oxygens (including phenoxy) is 1. The lowest BCUT2D eigenvalue weighted by atomic mass is 10.0. The summed E-state index contributed by atoms with van der Waals surface area (Å²) in [5, 5.41) is 3.21. The molecular weight excluding hydrogens is 300 g/mol. The fourth-order valence-corrected chi connectivity index (χ4v) is 4.51. The molecule has 2 rings (SSSR count). The van der Waals surface area contributed by atoms with Gasteiger partial charge in [-0.05, 0) is 49.1 Å². The third kappa shape index (κ3) is 3.14. The molecule has 1 atom stereocenters. The number of nitrogens with zero attached hydrogens (tertiary/aromatic N) is 1. The summed E-state index contributed by atoms with van der Waals surface area (Å²) in [5.41, 5.74) is 1.64. The van der Waals surface area contributed by atoms with Crippen molar-refractivity contribution in [2.24, 2.45) is 0 Å². The molecular formula is C16H26N2O3S. The van der Waals surface area contributed by atoms with Crippen molar-refractivity contribution in [3.05, 3.63) is 23.3 Å². The normalized spacial score (nSPS) is 19.1. The zero-order valence-corrected chi connectivity index (χ0v) is 14.8. The maximum absolute atomic E-state index is 13.0. The van der Waals surface area contributed by atoms with Crippen LogP contribution in [0, 0.1) is 6.92 Å². The molecule has 5 nitrogen and oxygen atoms in total. The van der Waals surface area contributed by atoms with E-state index in [-0.39, 0.29) is 12.0 Å². The van der Waals surface area contributed by atoms with E-state index in [1.807, 2.05) is 26.8 Å². The first kappa shape index (κ1) is 17.2. The Bertz CT molecular complexity index is 635. The van der Waals surface area contributed by atoms with Crippen LogP contribution in [0.15, 0.2) is 17.0 Å². The number of sulfonamides is 1. The summed E-state index contributed by atoms with van der Waals surface area (Å²) < 4.78 is 32.8. The number of rotatable bonds is 5. The fraction of sp³-hybridized carbons (Fsp3) is 0.625. The second-order valence-electron chi connectivity index (χ2n) is 6.18. The van der Waals surface area contributed by atoms with Crippen LogP contribution >= 0.6 is 0 Å². The van der Waals surface area contributed by atoms with Crippen molar-refractivity contribution < 1.29 is 13.2 Å². The van der Waals surface area contributed by atoms with Crippen molar-refractivity contribution in [3.63, 3.8) is 0 Å². The van der Waals surface area contributed by atoms with Gasteiger partial charge in [-0.15, -0.1) is 0 Å². The van der Waals surface area contributed by atoms with Gasteiger partial charge < -0.3 is 10.1 Å². The lowest BCUT2D eigenvalue weighted by molar-refractivity contribution is 0.386. The van der Waals surface area contributed by atoms with Crippen LogP contribution in [0.5, 0.6) is 5.75 Å². The highest BCUT2D eigenvalue weighted by atomic mass is 32.2. The van der Waals surface area contributed by atoms with E-state index in [2.05, 4.69) is 5.32 Å². The number of hydrogen-bond acceptors (Lipinski definition) is 4. The van der Waals surface area contributed by atoms with E-state index in [0.717, 1.165) is 29.8 Å². The van der Waals surface area contributed by atoms with E-state index in [0.29, 0.717) is 11.4 Å². The SMILES string of the molecule is COc1cc(C)c(S(=O)(=O)N(C)C2CCNC2)cc1C(C)C. The molecule has 1 N–H and O–H groups in total. The van der Waals surface area contributed by atoms with Gasteiger partial charge in [-0.2, -0.15) is 4.31 Å². The van der Waals surface area contributed by atoms with Crippen LogP contribution in [-0.4, -0.2) is 46.0 Å². The number of likely N-dealkylation sites (N-methyl/N-ethyl adjacent to an activating group) is 1. The minimum absolute atomic E-state index is 0.0222. The van der Waals surface area contributed by atoms with Crippen molar-refractivity contribution in [1.82, 2.24) is 9.62 Å². The highest BCUT2D eigenvalue weighted by Crippen LogP contribution is 2.33. The third-order valence-electron chi connectivity index (χ3n) is 4.35. The predicted octanol–water partition coefficient (Wildman–Crippen LogP) is 2.11. The van der Waals surface area contributed by atoms with Gasteiger partial charge in [0.2, 0.25) is 10.0 Å². The molecule has 1 aromatic carbocycles. The van der Waals surface area contributed by atoms with Gasteiger partial charge in [-0.1, -0.05) is 13.8 Å². The lowest BCUT2D eigenvalue weighted by Gasteiger charge is -2.25. The van der Waals surface area contributed by atoms with Crippen LogP contribution in [0.2, 0.25) is 0 Å². The first-order chi connectivity index (χ1) is 10.3. The quantitative estimate of drug-likeness (QED) is 0.900. The molecule has 1 unspecified atom stereocenters. The van der Waals surface area contributed by atoms with Gasteiger partial charge in [0.15, 0.2) is 0 Å². The summed E-state index contributed by atoms with van der Waals surface area (Å²) >= 11 is 0. The topological polar surface area (TPSA) is 58.6 Å². The molecule has 0 bridgehead atoms. The van der Waals surface area contributed by atoms with Crippen molar-refractivity contribution in [1.29, 1.82) is 0 Å². The summed E-state index contributed by atoms with van der Waals surface area (Å²) in [6.07, 6.45) is 0.849. The van der Waals surface area contributed by atoms with Crippen LogP contribution in [0.25, 0.3) is 0 Å². The van der Waals surface area contributed by atoms with Crippen LogP contribution in [0.1, 0.15) is 37.3 Å². The average molecular weight is 326 g/mol. The largest absolute Gasteiger partial charge is 0.496 e. The van der Waals surface area contributed by atoms with Gasteiger partial charge in [0.1, 0.15) is 5.75 Å². The van der Waals surface area contributed by atoms with Crippen molar-refractivity contribution >= 4 is 10.0 Å². The molecule has 1 heterocycles. The van der Waals surface area contributed by atoms with E-state index < -0.39 is 10.0 Å². The van der Waals surface area contributed by atoms with Gasteiger partial charge >= 0.3 is 0 Å². The smallest absolute Gasteiger partial charge is 0.243 e. The van der Waals surface area contributed by atoms with Crippen molar-refractivity contribution in [3.8, 4) is 5.75 Å². The van der Waals surface area contributed by atoms with E-state index >= 15 is 0 Å². The Morgan fingerprint density at radius 3 is 2.55 bits per heavy atom. The molecule has 22 heavy (non-hydrogen) atoms. The average Bonchev–Trinajstić information content (AvgIpc) is 2.99. The Hall–Kier alpha value is -1.11. The Morgan fingerprint density at radius 1 is 1.36 bits per heavy atom. The summed E-state index contributed by atoms with van der Waals surface area (Å²) in [7, 11) is -0.208. The molecule has 1 aromatic rings. The monoisotopic (exact) mass is 326 g/mol. The molecule has 124 valence electrons. The number of aryl methyl sites for hydroxylation is 1. The second kappa shape index (κ2) is 6.56. The summed E-state index contributed by atoms with van der Waals surface area (Å²) in [6.45, 7) is 7.47. The number of benzene rings is 1. The van der Waals surface area contributed by atoms with Crippen molar-refractivity contribution in [2.45, 2.75) is 44.0 Å². The zero-order chi connectivity index (χ0) is 16.5. The zero-order valence-electron chi connectivity index (χ0n) is 14.0. The molecule has 0 amide bonds. The van der Waals surface area contributed by atoms with Crippen LogP contribution in [0.4, 0.5) is 0 Å². The van der Waals surface area contributed by atoms with Gasteiger partial charge in [0, 0.05) is 19.6 Å². The summed E-state index contributed by atoms with van der Waals surface area (Å²) in [4.78, 5) is 0.381. The minimum Gasteiger partial charge on any atom is -0.496 e. The molecule has 1 aliphatic rings. The fourth-order valence-electron chi connectivity index (χ4n) is 2.88. The molecule has 1 saturated heterocycles. The molecule has 0 spiro atoms. The Morgan fingerprint density at radius 2 is 2.05 bits per heavy atom. The minimum atomic E-state index is -3.50. The Balaban J connectivity index is 2.48.